The lowest BCUT2D eigenvalue weighted by Crippen LogP contribution is -2.64. The van der Waals surface area contributed by atoms with Gasteiger partial charge in [0.25, 0.3) is 0 Å². The Labute approximate surface area is 81.4 Å². The van der Waals surface area contributed by atoms with Crippen LogP contribution in [0.4, 0.5) is 0 Å². The predicted octanol–water partition coefficient (Wildman–Crippen LogP) is -1.79. The van der Waals surface area contributed by atoms with Gasteiger partial charge in [-0.1, -0.05) is 0 Å². The second kappa shape index (κ2) is 3.38. The van der Waals surface area contributed by atoms with E-state index in [1.807, 2.05) is 0 Å². The monoisotopic (exact) mass is 199 g/mol. The van der Waals surface area contributed by atoms with E-state index >= 15 is 0 Å². The number of nitrogens with two attached hydrogens (primary N) is 1. The maximum Gasteiger partial charge on any atom is 0.244 e. The number of rotatable bonds is 2. The van der Waals surface area contributed by atoms with Crippen molar-refractivity contribution in [3.05, 3.63) is 0 Å². The van der Waals surface area contributed by atoms with E-state index in [0.29, 0.717) is 0 Å². The number of piperazine rings is 1. The first-order valence-corrected chi connectivity index (χ1v) is 4.24. The lowest BCUT2D eigenvalue weighted by Gasteiger charge is -2.36. The predicted molar refractivity (Wildman–Crippen MR) is 48.0 cm³/mol. The van der Waals surface area contributed by atoms with Gasteiger partial charge < -0.3 is 5.73 Å². The van der Waals surface area contributed by atoms with Crippen LogP contribution in [0, 0.1) is 0 Å². The number of hydrogen-bond acceptors (Lipinski definition) is 4. The summed E-state index contributed by atoms with van der Waals surface area (Å²) in [5, 5.41) is 2.63. The first-order valence-electron chi connectivity index (χ1n) is 4.24. The second-order valence-electron chi connectivity index (χ2n) is 3.65. The summed E-state index contributed by atoms with van der Waals surface area (Å²) in [6, 6.07) is 0. The molecule has 0 aromatic heterocycles. The molecule has 0 radical (unpaired) electrons. The molecule has 1 saturated heterocycles. The first-order chi connectivity index (χ1) is 6.37. The summed E-state index contributed by atoms with van der Waals surface area (Å²) in [6.45, 7) is 3.03. The second-order valence-corrected chi connectivity index (χ2v) is 3.65. The van der Waals surface area contributed by atoms with Crippen LogP contribution in [0.1, 0.15) is 13.8 Å². The van der Waals surface area contributed by atoms with Gasteiger partial charge in [0.15, 0.2) is 0 Å². The van der Waals surface area contributed by atoms with Gasteiger partial charge in [-0.25, -0.2) is 0 Å². The summed E-state index contributed by atoms with van der Waals surface area (Å²) < 4.78 is 0. The fraction of sp³-hybridized carbons (Fsp3) is 0.625. The molecule has 6 heteroatoms. The highest BCUT2D eigenvalue weighted by atomic mass is 16.2. The summed E-state index contributed by atoms with van der Waals surface area (Å²) in [4.78, 5) is 34.8. The molecule has 78 valence electrons. The molecular weight excluding hydrogens is 186 g/mol. The highest BCUT2D eigenvalue weighted by Crippen LogP contribution is 2.15. The Balaban J connectivity index is 2.99. The number of carbonyl (C=O) groups is 3. The third-order valence-electron chi connectivity index (χ3n) is 2.21. The number of imide groups is 1. The molecule has 14 heavy (non-hydrogen) atoms. The molecule has 0 aromatic rings. The molecule has 0 spiro atoms. The maximum absolute atomic E-state index is 11.4. The van der Waals surface area contributed by atoms with Gasteiger partial charge in [0.2, 0.25) is 17.7 Å². The van der Waals surface area contributed by atoms with Crippen LogP contribution in [-0.4, -0.2) is 41.2 Å². The van der Waals surface area contributed by atoms with Crippen LogP contribution in [0.3, 0.4) is 0 Å². The van der Waals surface area contributed by atoms with E-state index < -0.39 is 23.3 Å². The Morgan fingerprint density at radius 2 is 1.79 bits per heavy atom. The minimum Gasteiger partial charge on any atom is -0.368 e. The molecule has 1 aliphatic heterocycles. The summed E-state index contributed by atoms with van der Waals surface area (Å²) in [5.74, 6) is -1.55. The highest BCUT2D eigenvalue weighted by Gasteiger charge is 2.41. The lowest BCUT2D eigenvalue weighted by atomic mass is 10.0. The van der Waals surface area contributed by atoms with Crippen molar-refractivity contribution in [3.63, 3.8) is 0 Å². The highest BCUT2D eigenvalue weighted by molar-refractivity contribution is 6.04. The Bertz CT molecular complexity index is 282. The molecule has 1 rings (SSSR count). The quantitative estimate of drug-likeness (QED) is 0.514. The van der Waals surface area contributed by atoms with E-state index in [1.54, 1.807) is 0 Å². The van der Waals surface area contributed by atoms with Gasteiger partial charge in [-0.2, -0.15) is 0 Å². The van der Waals surface area contributed by atoms with Gasteiger partial charge in [0.1, 0.15) is 5.54 Å². The largest absolute Gasteiger partial charge is 0.368 e. The molecule has 0 atom stereocenters. The molecule has 1 heterocycles. The average molecular weight is 199 g/mol. The van der Waals surface area contributed by atoms with Crippen LogP contribution in [-0.2, 0) is 14.4 Å². The molecule has 1 aliphatic rings. The van der Waals surface area contributed by atoms with Crippen molar-refractivity contribution in [1.82, 2.24) is 10.2 Å². The topological polar surface area (TPSA) is 92.5 Å². The van der Waals surface area contributed by atoms with E-state index in [1.165, 1.54) is 13.8 Å². The first kappa shape index (κ1) is 10.6. The Morgan fingerprint density at radius 1 is 1.36 bits per heavy atom. The van der Waals surface area contributed by atoms with Crippen molar-refractivity contribution in [2.45, 2.75) is 19.4 Å². The van der Waals surface area contributed by atoms with Gasteiger partial charge in [0.05, 0.1) is 13.1 Å². The molecule has 0 aliphatic carbocycles. The van der Waals surface area contributed by atoms with E-state index in [0.717, 1.165) is 4.90 Å². The van der Waals surface area contributed by atoms with Crippen molar-refractivity contribution in [2.24, 2.45) is 5.73 Å². The van der Waals surface area contributed by atoms with Crippen LogP contribution in [0.15, 0.2) is 0 Å². The van der Waals surface area contributed by atoms with Crippen molar-refractivity contribution in [3.8, 4) is 0 Å². The number of carbonyl (C=O) groups excluding carboxylic acids is 3. The number of primary amides is 1. The third-order valence-corrected chi connectivity index (χ3v) is 2.21. The minimum atomic E-state index is -1.25. The molecule has 6 nitrogen and oxygen atoms in total. The lowest BCUT2D eigenvalue weighted by molar-refractivity contribution is -0.157. The molecular formula is C8H13N3O3. The van der Waals surface area contributed by atoms with Crippen LogP contribution in [0.5, 0.6) is 0 Å². The zero-order chi connectivity index (χ0) is 10.9. The molecule has 3 N–H and O–H groups in total. The zero-order valence-electron chi connectivity index (χ0n) is 8.16. The summed E-state index contributed by atoms with van der Waals surface area (Å²) in [5.41, 5.74) is 3.87. The van der Waals surface area contributed by atoms with Gasteiger partial charge >= 0.3 is 0 Å². The standard InChI is InChI=1S/C8H13N3O3/c1-8(2,7(9)14)11-5(12)3-10-4-6(11)13/h10H,3-4H2,1-2H3,(H2,9,14). The number of nitrogens with zero attached hydrogens (tertiary/aromatic N) is 1. The average Bonchev–Trinajstić information content (AvgIpc) is 2.02. The summed E-state index contributed by atoms with van der Waals surface area (Å²) in [6.07, 6.45) is 0. The maximum atomic E-state index is 11.4. The van der Waals surface area contributed by atoms with Crippen molar-refractivity contribution < 1.29 is 14.4 Å². The fourth-order valence-corrected chi connectivity index (χ4v) is 1.31. The van der Waals surface area contributed by atoms with Crippen molar-refractivity contribution in [2.75, 3.05) is 13.1 Å². The van der Waals surface area contributed by atoms with E-state index in [-0.39, 0.29) is 13.1 Å². The van der Waals surface area contributed by atoms with Gasteiger partial charge in [0, 0.05) is 0 Å². The third kappa shape index (κ3) is 1.60. The summed E-state index contributed by atoms with van der Waals surface area (Å²) in [7, 11) is 0. The molecule has 0 bridgehead atoms. The Hall–Kier alpha value is -1.43. The molecule has 1 fully saturated rings. The number of amides is 3. The number of hydrogen-bond donors (Lipinski definition) is 2. The van der Waals surface area contributed by atoms with Crippen molar-refractivity contribution in [1.29, 1.82) is 0 Å². The number of nitrogens with one attached hydrogen (secondary N) is 1. The van der Waals surface area contributed by atoms with E-state index in [2.05, 4.69) is 5.32 Å². The molecule has 0 unspecified atom stereocenters. The van der Waals surface area contributed by atoms with Crippen LogP contribution in [0.25, 0.3) is 0 Å². The van der Waals surface area contributed by atoms with E-state index in [4.69, 9.17) is 5.73 Å². The minimum absolute atomic E-state index is 0.0580. The van der Waals surface area contributed by atoms with Crippen LogP contribution in [0.2, 0.25) is 0 Å². The van der Waals surface area contributed by atoms with Gasteiger partial charge in [-0.05, 0) is 13.8 Å². The van der Waals surface area contributed by atoms with Crippen LogP contribution >= 0.6 is 0 Å². The van der Waals surface area contributed by atoms with Crippen molar-refractivity contribution >= 4 is 17.7 Å². The fourth-order valence-electron chi connectivity index (χ4n) is 1.31. The normalized spacial score (nSPS) is 18.6. The summed E-state index contributed by atoms with van der Waals surface area (Å²) >= 11 is 0. The smallest absolute Gasteiger partial charge is 0.244 e. The van der Waals surface area contributed by atoms with E-state index in [9.17, 15) is 14.4 Å². The van der Waals surface area contributed by atoms with Gasteiger partial charge in [-0.15, -0.1) is 0 Å². The molecule has 3 amide bonds. The zero-order valence-corrected chi connectivity index (χ0v) is 8.16. The van der Waals surface area contributed by atoms with Gasteiger partial charge in [-0.3, -0.25) is 24.6 Å². The SMILES string of the molecule is CC(C)(C(N)=O)N1C(=O)CNCC1=O. The van der Waals surface area contributed by atoms with Crippen LogP contribution < -0.4 is 11.1 Å². The Kier molecular flexibility index (Phi) is 2.57. The molecule has 0 aromatic carbocycles. The molecule has 0 saturated carbocycles. The Morgan fingerprint density at radius 3 is 2.14 bits per heavy atom.